The smallest absolute Gasteiger partial charge is 0.324 e. The molecule has 2 aliphatic rings. The first-order valence-electron chi connectivity index (χ1n) is 13.1. The first-order valence-corrected chi connectivity index (χ1v) is 15.3. The van der Waals surface area contributed by atoms with E-state index in [-0.39, 0.29) is 28.5 Å². The maximum Gasteiger partial charge on any atom is 0.324 e. The number of allylic oxidation sites excluding steroid dienone is 3. The van der Waals surface area contributed by atoms with Crippen LogP contribution in [0.5, 0.6) is 0 Å². The van der Waals surface area contributed by atoms with Crippen LogP contribution in [0.2, 0.25) is 0 Å². The van der Waals surface area contributed by atoms with Crippen LogP contribution in [0.4, 0.5) is 11.5 Å². The van der Waals surface area contributed by atoms with Gasteiger partial charge in [0.25, 0.3) is 0 Å². The average molecular weight is 623 g/mol. The maximum atomic E-state index is 13.5. The lowest BCUT2D eigenvalue weighted by Crippen LogP contribution is -2.41. The molecule has 1 aliphatic carbocycles. The molecule has 1 fully saturated rings. The molecule has 2 unspecified atom stereocenters. The number of fused-ring (bicyclic) bond motifs is 1. The van der Waals surface area contributed by atoms with E-state index in [0.29, 0.717) is 30.2 Å². The van der Waals surface area contributed by atoms with Crippen LogP contribution in [0.1, 0.15) is 25.7 Å². The van der Waals surface area contributed by atoms with Crippen LogP contribution in [0.3, 0.4) is 0 Å². The molecule has 0 radical (unpaired) electrons. The van der Waals surface area contributed by atoms with Crippen molar-refractivity contribution < 1.29 is 27.8 Å². The van der Waals surface area contributed by atoms with Crippen molar-refractivity contribution in [1.29, 1.82) is 0 Å². The van der Waals surface area contributed by atoms with Gasteiger partial charge in [-0.3, -0.25) is 13.7 Å². The lowest BCUT2D eigenvalue weighted by Gasteiger charge is -2.28. The Balaban J connectivity index is 1.30. The van der Waals surface area contributed by atoms with E-state index in [4.69, 9.17) is 32.7 Å². The van der Waals surface area contributed by atoms with Gasteiger partial charge in [-0.05, 0) is 55.7 Å². The largest absolute Gasteiger partial charge is 0.480 e. The molecular formula is C27H29Cl2N5O6S. The van der Waals surface area contributed by atoms with Gasteiger partial charge >= 0.3 is 5.97 Å². The summed E-state index contributed by atoms with van der Waals surface area (Å²) in [7, 11) is -4.16. The fraction of sp³-hybridized carbons (Fsp3) is 0.370. The summed E-state index contributed by atoms with van der Waals surface area (Å²) < 4.78 is 41.0. The monoisotopic (exact) mass is 621 g/mol. The van der Waals surface area contributed by atoms with Gasteiger partial charge in [0.1, 0.15) is 17.6 Å². The lowest BCUT2D eigenvalue weighted by atomic mass is 10.2. The second kappa shape index (κ2) is 12.8. The summed E-state index contributed by atoms with van der Waals surface area (Å²) in [6.45, 7) is 1.03. The highest BCUT2D eigenvalue weighted by Crippen LogP contribution is 2.32. The van der Waals surface area contributed by atoms with E-state index in [2.05, 4.69) is 15.3 Å². The minimum atomic E-state index is -4.16. The van der Waals surface area contributed by atoms with Crippen molar-refractivity contribution in [3.8, 4) is 5.82 Å². The molecule has 0 saturated carbocycles. The summed E-state index contributed by atoms with van der Waals surface area (Å²) in [6, 6.07) is 6.69. The summed E-state index contributed by atoms with van der Waals surface area (Å²) in [6.07, 6.45) is 10.8. The molecule has 0 spiro atoms. The predicted octanol–water partition coefficient (Wildman–Crippen LogP) is 4.61. The third-order valence-corrected chi connectivity index (χ3v) is 9.22. The Labute approximate surface area is 247 Å². The number of hydrogen-bond donors (Lipinski definition) is 2. The van der Waals surface area contributed by atoms with E-state index in [1.54, 1.807) is 42.9 Å². The van der Waals surface area contributed by atoms with E-state index in [0.717, 1.165) is 35.7 Å². The van der Waals surface area contributed by atoms with Crippen LogP contribution < -0.4 is 9.62 Å². The summed E-state index contributed by atoms with van der Waals surface area (Å²) in [4.78, 5) is 20.6. The number of nitrogens with zero attached hydrogens (tertiary/aromatic N) is 4. The number of anilines is 2. The highest BCUT2D eigenvalue weighted by atomic mass is 35.5. The number of benzene rings is 1. The normalized spacial score (nSPS) is 19.5. The molecule has 3 heterocycles. The summed E-state index contributed by atoms with van der Waals surface area (Å²) >= 11 is 12.1. The number of hydrogen-bond acceptors (Lipinski definition) is 8. The lowest BCUT2D eigenvalue weighted by molar-refractivity contribution is -0.159. The van der Waals surface area contributed by atoms with Crippen LogP contribution in [-0.2, 0) is 24.3 Å². The van der Waals surface area contributed by atoms with E-state index < -0.39 is 27.8 Å². The Morgan fingerprint density at radius 1 is 1.22 bits per heavy atom. The molecule has 3 aromatic rings. The van der Waals surface area contributed by atoms with Crippen molar-refractivity contribution in [3.05, 3.63) is 65.1 Å². The highest BCUT2D eigenvalue weighted by Gasteiger charge is 2.34. The number of ether oxygens (including phenoxy) is 2. The molecule has 1 aliphatic heterocycles. The molecule has 0 bridgehead atoms. The fourth-order valence-corrected chi connectivity index (χ4v) is 7.25. The average Bonchev–Trinajstić information content (AvgIpc) is 3.37. The minimum absolute atomic E-state index is 0.000327. The SMILES string of the molecule is O=C(O)CN(c1ccc2c(ccn2-c2cnc(NCCOC3CCCCO3)cn2)c1)S(=O)(=O)C1C=C(Cl)C=C(Cl)C1. The standard InChI is InChI=1S/C27H29Cl2N5O6S/c28-19-12-20(29)14-22(13-19)41(37,38)34(17-26(35)36)21-4-5-23-18(11-21)6-8-33(23)25-16-31-24(15-32-25)30-7-10-40-27-3-1-2-9-39-27/h4-6,8,11-13,15-16,22,27H,1-3,7,9-10,14,17H2,(H,30,31)(H,35,36). The zero-order chi connectivity index (χ0) is 29.0. The predicted molar refractivity (Wildman–Crippen MR) is 157 cm³/mol. The van der Waals surface area contributed by atoms with Crippen molar-refractivity contribution in [1.82, 2.24) is 14.5 Å². The first-order chi connectivity index (χ1) is 19.7. The molecule has 2 aromatic heterocycles. The van der Waals surface area contributed by atoms with Gasteiger partial charge in [-0.15, -0.1) is 0 Å². The zero-order valence-corrected chi connectivity index (χ0v) is 24.3. The molecule has 41 heavy (non-hydrogen) atoms. The second-order valence-electron chi connectivity index (χ2n) is 9.61. The fourth-order valence-electron chi connectivity index (χ4n) is 4.72. The summed E-state index contributed by atoms with van der Waals surface area (Å²) in [5, 5.41) is 12.7. The van der Waals surface area contributed by atoms with Gasteiger partial charge in [-0.1, -0.05) is 23.2 Å². The second-order valence-corrected chi connectivity index (χ2v) is 12.6. The van der Waals surface area contributed by atoms with E-state index >= 15 is 0 Å². The van der Waals surface area contributed by atoms with E-state index in [1.807, 2.05) is 4.57 Å². The van der Waals surface area contributed by atoms with Gasteiger partial charge in [0, 0.05) is 41.2 Å². The molecule has 1 aromatic carbocycles. The van der Waals surface area contributed by atoms with Crippen LogP contribution in [0.15, 0.2) is 65.1 Å². The first kappa shape index (κ1) is 29.3. The molecule has 0 amide bonds. The quantitative estimate of drug-likeness (QED) is 0.294. The van der Waals surface area contributed by atoms with Crippen molar-refractivity contribution in [2.24, 2.45) is 0 Å². The number of carbonyl (C=O) groups is 1. The number of aromatic nitrogens is 3. The molecular weight excluding hydrogens is 593 g/mol. The van der Waals surface area contributed by atoms with Crippen molar-refractivity contribution >= 4 is 61.6 Å². The maximum absolute atomic E-state index is 13.5. The van der Waals surface area contributed by atoms with Crippen LogP contribution >= 0.6 is 23.2 Å². The van der Waals surface area contributed by atoms with Crippen molar-refractivity contribution in [3.63, 3.8) is 0 Å². The molecule has 2 N–H and O–H groups in total. The molecule has 2 atom stereocenters. The van der Waals surface area contributed by atoms with Gasteiger partial charge in [-0.25, -0.2) is 18.4 Å². The van der Waals surface area contributed by atoms with Gasteiger partial charge in [-0.2, -0.15) is 0 Å². The van der Waals surface area contributed by atoms with Gasteiger partial charge in [0.05, 0.1) is 30.2 Å². The Bertz CT molecular complexity index is 1570. The minimum Gasteiger partial charge on any atom is -0.480 e. The highest BCUT2D eigenvalue weighted by molar-refractivity contribution is 7.93. The summed E-state index contributed by atoms with van der Waals surface area (Å²) in [5.74, 6) is -0.137. The van der Waals surface area contributed by atoms with Gasteiger partial charge < -0.3 is 19.9 Å². The van der Waals surface area contributed by atoms with Gasteiger partial charge in [0.2, 0.25) is 10.0 Å². The van der Waals surface area contributed by atoms with Crippen molar-refractivity contribution in [2.75, 3.05) is 35.9 Å². The Morgan fingerprint density at radius 2 is 2.07 bits per heavy atom. The Morgan fingerprint density at radius 3 is 2.78 bits per heavy atom. The molecule has 5 rings (SSSR count). The van der Waals surface area contributed by atoms with Gasteiger partial charge in [0.15, 0.2) is 12.1 Å². The van der Waals surface area contributed by atoms with Crippen LogP contribution in [-0.4, -0.2) is 71.9 Å². The number of carboxylic acids is 1. The number of halogens is 2. The Kier molecular flexibility index (Phi) is 9.15. The third kappa shape index (κ3) is 7.02. The zero-order valence-electron chi connectivity index (χ0n) is 21.9. The molecule has 11 nitrogen and oxygen atoms in total. The number of carboxylic acid groups (broad SMARTS) is 1. The van der Waals surface area contributed by atoms with E-state index in [1.165, 1.54) is 12.2 Å². The van der Waals surface area contributed by atoms with Crippen LogP contribution in [0, 0.1) is 0 Å². The van der Waals surface area contributed by atoms with Crippen LogP contribution in [0.25, 0.3) is 16.7 Å². The van der Waals surface area contributed by atoms with E-state index in [9.17, 15) is 18.3 Å². The number of sulfonamides is 1. The number of nitrogens with one attached hydrogen (secondary N) is 1. The molecule has 1 saturated heterocycles. The number of aliphatic carboxylic acids is 1. The molecule has 218 valence electrons. The molecule has 14 heteroatoms. The summed E-state index contributed by atoms with van der Waals surface area (Å²) in [5.41, 5.74) is 0.947. The Hall–Kier alpha value is -3.16. The topological polar surface area (TPSA) is 136 Å². The third-order valence-electron chi connectivity index (χ3n) is 6.70. The van der Waals surface area contributed by atoms with Crippen molar-refractivity contribution in [2.45, 2.75) is 37.2 Å². The number of rotatable bonds is 11.